The SMILES string of the molecule is CNC(=O)CNC(=O)c1cc(OC(F)(F)F)ccc1N. The maximum Gasteiger partial charge on any atom is 0.573 e. The molecular formula is C11H12F3N3O3. The van der Waals surface area contributed by atoms with Crippen LogP contribution < -0.4 is 21.1 Å². The molecule has 0 bridgehead atoms. The Kier molecular flexibility index (Phi) is 4.78. The smallest absolute Gasteiger partial charge is 0.406 e. The van der Waals surface area contributed by atoms with Gasteiger partial charge in [-0.3, -0.25) is 9.59 Å². The lowest BCUT2D eigenvalue weighted by Crippen LogP contribution is -2.35. The summed E-state index contributed by atoms with van der Waals surface area (Å²) in [5.41, 5.74) is 5.25. The average molecular weight is 291 g/mol. The Balaban J connectivity index is 2.85. The van der Waals surface area contributed by atoms with Gasteiger partial charge in [0.25, 0.3) is 5.91 Å². The van der Waals surface area contributed by atoms with E-state index >= 15 is 0 Å². The van der Waals surface area contributed by atoms with Crippen LogP contribution in [0.15, 0.2) is 18.2 Å². The monoisotopic (exact) mass is 291 g/mol. The van der Waals surface area contributed by atoms with Crippen molar-refractivity contribution in [3.8, 4) is 5.75 Å². The highest BCUT2D eigenvalue weighted by Gasteiger charge is 2.31. The minimum atomic E-state index is -4.87. The maximum atomic E-state index is 12.1. The van der Waals surface area contributed by atoms with Crippen LogP contribution in [0.4, 0.5) is 18.9 Å². The van der Waals surface area contributed by atoms with Gasteiger partial charge in [0.1, 0.15) is 5.75 Å². The van der Waals surface area contributed by atoms with E-state index in [0.29, 0.717) is 0 Å². The Morgan fingerprint density at radius 3 is 2.55 bits per heavy atom. The second-order valence-corrected chi connectivity index (χ2v) is 3.65. The molecule has 1 aromatic carbocycles. The van der Waals surface area contributed by atoms with Crippen LogP contribution in [-0.2, 0) is 4.79 Å². The van der Waals surface area contributed by atoms with Gasteiger partial charge < -0.3 is 21.1 Å². The molecule has 0 unspecified atom stereocenters. The first kappa shape index (κ1) is 15.6. The lowest BCUT2D eigenvalue weighted by molar-refractivity contribution is -0.274. The summed E-state index contributed by atoms with van der Waals surface area (Å²) in [5.74, 6) is -1.81. The standard InChI is InChI=1S/C11H12F3N3O3/c1-16-9(18)5-17-10(19)7-4-6(2-3-8(7)15)20-11(12,13)14/h2-4H,5,15H2,1H3,(H,16,18)(H,17,19). The molecule has 9 heteroatoms. The van der Waals surface area contributed by atoms with E-state index in [1.165, 1.54) is 7.05 Å². The number of hydrogen-bond donors (Lipinski definition) is 3. The van der Waals surface area contributed by atoms with E-state index in [4.69, 9.17) is 5.73 Å². The highest BCUT2D eigenvalue weighted by Crippen LogP contribution is 2.25. The molecule has 1 rings (SSSR count). The Morgan fingerprint density at radius 2 is 2.00 bits per heavy atom. The summed E-state index contributed by atoms with van der Waals surface area (Å²) in [5, 5.41) is 4.48. The number of nitrogens with one attached hydrogen (secondary N) is 2. The zero-order valence-corrected chi connectivity index (χ0v) is 10.4. The van der Waals surface area contributed by atoms with Crippen molar-refractivity contribution in [2.75, 3.05) is 19.3 Å². The molecule has 20 heavy (non-hydrogen) atoms. The van der Waals surface area contributed by atoms with Crippen LogP contribution in [0.25, 0.3) is 0 Å². The van der Waals surface area contributed by atoms with E-state index in [9.17, 15) is 22.8 Å². The molecule has 1 aromatic rings. The molecular weight excluding hydrogens is 279 g/mol. The van der Waals surface area contributed by atoms with Crippen molar-refractivity contribution in [2.45, 2.75) is 6.36 Å². The van der Waals surface area contributed by atoms with Gasteiger partial charge in [-0.1, -0.05) is 0 Å². The third kappa shape index (κ3) is 4.67. The molecule has 0 heterocycles. The lowest BCUT2D eigenvalue weighted by Gasteiger charge is -2.11. The third-order valence-electron chi connectivity index (χ3n) is 2.19. The third-order valence-corrected chi connectivity index (χ3v) is 2.19. The first-order valence-electron chi connectivity index (χ1n) is 5.37. The largest absolute Gasteiger partial charge is 0.573 e. The number of anilines is 1. The van der Waals surface area contributed by atoms with Crippen molar-refractivity contribution in [1.82, 2.24) is 10.6 Å². The molecule has 0 radical (unpaired) electrons. The maximum absolute atomic E-state index is 12.1. The molecule has 0 atom stereocenters. The fourth-order valence-electron chi connectivity index (χ4n) is 1.27. The molecule has 4 N–H and O–H groups in total. The molecule has 0 saturated heterocycles. The molecule has 0 aliphatic rings. The van der Waals surface area contributed by atoms with Crippen molar-refractivity contribution in [3.05, 3.63) is 23.8 Å². The number of benzene rings is 1. The number of rotatable bonds is 4. The summed E-state index contributed by atoms with van der Waals surface area (Å²) in [6, 6.07) is 2.94. The predicted molar refractivity (Wildman–Crippen MR) is 63.9 cm³/mol. The predicted octanol–water partition coefficient (Wildman–Crippen LogP) is 0.643. The molecule has 0 aromatic heterocycles. The minimum absolute atomic E-state index is 0.0334. The Morgan fingerprint density at radius 1 is 1.35 bits per heavy atom. The fraction of sp³-hybridized carbons (Fsp3) is 0.273. The van der Waals surface area contributed by atoms with E-state index in [1.54, 1.807) is 0 Å². The van der Waals surface area contributed by atoms with Gasteiger partial charge in [-0.15, -0.1) is 13.2 Å². The summed E-state index contributed by atoms with van der Waals surface area (Å²) in [6.07, 6.45) is -4.87. The number of hydrogen-bond acceptors (Lipinski definition) is 4. The van der Waals surface area contributed by atoms with Gasteiger partial charge in [-0.25, -0.2) is 0 Å². The first-order valence-corrected chi connectivity index (χ1v) is 5.37. The number of ether oxygens (including phenoxy) is 1. The lowest BCUT2D eigenvalue weighted by atomic mass is 10.1. The van der Waals surface area contributed by atoms with Gasteiger partial charge in [0.2, 0.25) is 5.91 Å². The number of nitrogens with two attached hydrogens (primary N) is 1. The molecule has 0 fully saturated rings. The topological polar surface area (TPSA) is 93.5 Å². The minimum Gasteiger partial charge on any atom is -0.406 e. The molecule has 6 nitrogen and oxygen atoms in total. The van der Waals surface area contributed by atoms with Crippen molar-refractivity contribution < 1.29 is 27.5 Å². The summed E-state index contributed by atoms with van der Waals surface area (Å²) in [7, 11) is 1.38. The molecule has 0 aliphatic carbocycles. The highest BCUT2D eigenvalue weighted by molar-refractivity contribution is 6.01. The van der Waals surface area contributed by atoms with Crippen molar-refractivity contribution in [3.63, 3.8) is 0 Å². The van der Waals surface area contributed by atoms with Crippen molar-refractivity contribution >= 4 is 17.5 Å². The van der Waals surface area contributed by atoms with Gasteiger partial charge in [0, 0.05) is 12.7 Å². The second-order valence-electron chi connectivity index (χ2n) is 3.65. The van der Waals surface area contributed by atoms with Crippen LogP contribution in [0.1, 0.15) is 10.4 Å². The van der Waals surface area contributed by atoms with E-state index < -0.39 is 23.9 Å². The summed E-state index contributed by atoms with van der Waals surface area (Å²) < 4.78 is 39.9. The average Bonchev–Trinajstić information content (AvgIpc) is 2.36. The van der Waals surface area contributed by atoms with Gasteiger partial charge in [0.15, 0.2) is 0 Å². The first-order chi connectivity index (χ1) is 9.23. The van der Waals surface area contributed by atoms with Gasteiger partial charge in [-0.05, 0) is 18.2 Å². The van der Waals surface area contributed by atoms with E-state index in [-0.39, 0.29) is 17.8 Å². The van der Waals surface area contributed by atoms with Gasteiger partial charge in [0.05, 0.1) is 12.1 Å². The van der Waals surface area contributed by atoms with E-state index in [1.807, 2.05) is 0 Å². The molecule has 0 saturated carbocycles. The summed E-state index contributed by atoms with van der Waals surface area (Å²) in [6.45, 7) is -0.320. The van der Waals surface area contributed by atoms with Crippen molar-refractivity contribution in [2.24, 2.45) is 0 Å². The number of halogens is 3. The van der Waals surface area contributed by atoms with Crippen LogP contribution >= 0.6 is 0 Å². The fourth-order valence-corrected chi connectivity index (χ4v) is 1.27. The zero-order chi connectivity index (χ0) is 15.3. The molecule has 0 spiro atoms. The van der Waals surface area contributed by atoms with Crippen molar-refractivity contribution in [1.29, 1.82) is 0 Å². The normalized spacial score (nSPS) is 10.8. The van der Waals surface area contributed by atoms with E-state index in [0.717, 1.165) is 18.2 Å². The summed E-state index contributed by atoms with van der Waals surface area (Å²) in [4.78, 5) is 22.7. The zero-order valence-electron chi connectivity index (χ0n) is 10.4. The quantitative estimate of drug-likeness (QED) is 0.710. The number of alkyl halides is 3. The van der Waals surface area contributed by atoms with E-state index in [2.05, 4.69) is 15.4 Å². The van der Waals surface area contributed by atoms with Crippen LogP contribution in [0.3, 0.4) is 0 Å². The number of likely N-dealkylation sites (N-methyl/N-ethyl adjacent to an activating group) is 1. The number of nitrogen functional groups attached to an aromatic ring is 1. The van der Waals surface area contributed by atoms with Crippen LogP contribution in [0.5, 0.6) is 5.75 Å². The second kappa shape index (κ2) is 6.13. The number of amides is 2. The molecule has 2 amide bonds. The van der Waals surface area contributed by atoms with Crippen LogP contribution in [0.2, 0.25) is 0 Å². The van der Waals surface area contributed by atoms with Crippen LogP contribution in [-0.4, -0.2) is 31.8 Å². The molecule has 110 valence electrons. The Labute approximate surface area is 112 Å². The number of carbonyl (C=O) groups is 2. The summed E-state index contributed by atoms with van der Waals surface area (Å²) >= 11 is 0. The Hall–Kier alpha value is -2.45. The highest BCUT2D eigenvalue weighted by atomic mass is 19.4. The molecule has 0 aliphatic heterocycles. The van der Waals surface area contributed by atoms with Gasteiger partial charge in [-0.2, -0.15) is 0 Å². The van der Waals surface area contributed by atoms with Gasteiger partial charge >= 0.3 is 6.36 Å². The Bertz CT molecular complexity index is 517. The number of carbonyl (C=O) groups excluding carboxylic acids is 2. The van der Waals surface area contributed by atoms with Crippen LogP contribution in [0, 0.1) is 0 Å².